The highest BCUT2D eigenvalue weighted by Crippen LogP contribution is 2.24. The number of amides is 1. The van der Waals surface area contributed by atoms with Crippen LogP contribution >= 0.6 is 23.4 Å². The molecule has 0 spiro atoms. The highest BCUT2D eigenvalue weighted by Gasteiger charge is 2.14. The molecule has 0 bridgehead atoms. The smallest absolute Gasteiger partial charge is 0.234 e. The zero-order valence-electron chi connectivity index (χ0n) is 12.7. The summed E-state index contributed by atoms with van der Waals surface area (Å²) in [7, 11) is 0. The van der Waals surface area contributed by atoms with Crippen molar-refractivity contribution in [1.82, 2.24) is 19.9 Å². The summed E-state index contributed by atoms with van der Waals surface area (Å²) in [4.78, 5) is 16.0. The summed E-state index contributed by atoms with van der Waals surface area (Å²) < 4.78 is 14.3. The number of carbonyl (C=O) groups excluding carboxylic acids is 1. The lowest BCUT2D eigenvalue weighted by Crippen LogP contribution is -2.16. The highest BCUT2D eigenvalue weighted by atomic mass is 35.5. The average molecular weight is 379 g/mol. The Kier molecular flexibility index (Phi) is 5.15. The van der Waals surface area contributed by atoms with Crippen LogP contribution in [0.3, 0.4) is 0 Å². The van der Waals surface area contributed by atoms with Crippen LogP contribution in [0.15, 0.2) is 47.9 Å². The number of nitrogen functional groups attached to an aromatic ring is 1. The summed E-state index contributed by atoms with van der Waals surface area (Å²) >= 11 is 6.99. The van der Waals surface area contributed by atoms with E-state index >= 15 is 0 Å². The average Bonchev–Trinajstić information content (AvgIpc) is 2.97. The topological polar surface area (TPSA) is 98.7 Å². The van der Waals surface area contributed by atoms with Gasteiger partial charge in [0.15, 0.2) is 5.82 Å². The van der Waals surface area contributed by atoms with Crippen molar-refractivity contribution in [2.45, 2.75) is 5.16 Å². The van der Waals surface area contributed by atoms with Crippen LogP contribution in [0.4, 0.5) is 10.1 Å². The second-order valence-electron chi connectivity index (χ2n) is 4.88. The molecule has 0 saturated heterocycles. The number of thioether (sulfide) groups is 1. The fourth-order valence-corrected chi connectivity index (χ4v) is 2.85. The largest absolute Gasteiger partial charge is 0.335 e. The zero-order valence-corrected chi connectivity index (χ0v) is 14.3. The summed E-state index contributed by atoms with van der Waals surface area (Å²) in [5.74, 6) is 5.64. The molecule has 2 heterocycles. The Morgan fingerprint density at radius 1 is 1.36 bits per heavy atom. The number of hydrogen-bond donors (Lipinski definition) is 2. The third-order valence-electron chi connectivity index (χ3n) is 3.12. The number of nitrogens with one attached hydrogen (secondary N) is 1. The van der Waals surface area contributed by atoms with Gasteiger partial charge in [-0.1, -0.05) is 23.4 Å². The first-order valence-corrected chi connectivity index (χ1v) is 8.39. The van der Waals surface area contributed by atoms with Crippen LogP contribution in [0.2, 0.25) is 5.02 Å². The zero-order chi connectivity index (χ0) is 17.8. The van der Waals surface area contributed by atoms with Gasteiger partial charge >= 0.3 is 0 Å². The van der Waals surface area contributed by atoms with Crippen molar-refractivity contribution >= 4 is 35.0 Å². The van der Waals surface area contributed by atoms with E-state index in [1.807, 2.05) is 0 Å². The Hall–Kier alpha value is -2.65. The van der Waals surface area contributed by atoms with E-state index in [1.54, 1.807) is 24.5 Å². The number of hydrogen-bond acceptors (Lipinski definition) is 6. The molecule has 2 aromatic heterocycles. The summed E-state index contributed by atoms with van der Waals surface area (Å²) in [5, 5.41) is 11.1. The highest BCUT2D eigenvalue weighted by molar-refractivity contribution is 7.99. The van der Waals surface area contributed by atoms with Crippen LogP contribution < -0.4 is 11.2 Å². The fourth-order valence-electron chi connectivity index (χ4n) is 1.97. The van der Waals surface area contributed by atoms with E-state index in [4.69, 9.17) is 17.4 Å². The van der Waals surface area contributed by atoms with E-state index in [9.17, 15) is 9.18 Å². The maximum absolute atomic E-state index is 13.0. The molecule has 3 rings (SSSR count). The van der Waals surface area contributed by atoms with Crippen LogP contribution in [-0.2, 0) is 4.79 Å². The number of halogens is 2. The van der Waals surface area contributed by atoms with Gasteiger partial charge in [-0.25, -0.2) is 9.07 Å². The summed E-state index contributed by atoms with van der Waals surface area (Å²) in [6.45, 7) is 0. The molecule has 0 radical (unpaired) electrons. The third-order valence-corrected chi connectivity index (χ3v) is 4.38. The number of carbonyl (C=O) groups is 1. The minimum Gasteiger partial charge on any atom is -0.335 e. The van der Waals surface area contributed by atoms with E-state index in [-0.39, 0.29) is 16.7 Å². The van der Waals surface area contributed by atoms with Crippen LogP contribution in [0.1, 0.15) is 0 Å². The molecule has 3 N–H and O–H groups in total. The number of benzene rings is 1. The Bertz CT molecular complexity index is 904. The standard InChI is InChI=1S/C15H12ClFN6OS/c16-11-6-10(17)3-4-12(11)20-13(24)8-25-15-22-21-14(23(15)18)9-2-1-5-19-7-9/h1-7H,8,18H2,(H,20,24). The number of nitrogens with two attached hydrogens (primary N) is 1. The lowest BCUT2D eigenvalue weighted by molar-refractivity contribution is -0.113. The lowest BCUT2D eigenvalue weighted by Gasteiger charge is -2.07. The van der Waals surface area contributed by atoms with Gasteiger partial charge in [-0.3, -0.25) is 9.78 Å². The maximum atomic E-state index is 13.0. The SMILES string of the molecule is Nn1c(SCC(=O)Nc2ccc(F)cc2Cl)nnc1-c1cccnc1. The number of aromatic nitrogens is 4. The van der Waals surface area contributed by atoms with Gasteiger partial charge in [0.25, 0.3) is 0 Å². The number of anilines is 1. The van der Waals surface area contributed by atoms with Crippen LogP contribution in [0, 0.1) is 5.82 Å². The van der Waals surface area contributed by atoms with Crippen LogP contribution in [0.25, 0.3) is 11.4 Å². The Morgan fingerprint density at radius 2 is 2.20 bits per heavy atom. The van der Waals surface area contributed by atoms with E-state index in [2.05, 4.69) is 20.5 Å². The van der Waals surface area contributed by atoms with Crippen LogP contribution in [0.5, 0.6) is 0 Å². The van der Waals surface area contributed by atoms with Crippen molar-refractivity contribution < 1.29 is 9.18 Å². The molecule has 0 fully saturated rings. The van der Waals surface area contributed by atoms with Gasteiger partial charge in [0.05, 0.1) is 16.5 Å². The first-order valence-electron chi connectivity index (χ1n) is 7.03. The quantitative estimate of drug-likeness (QED) is 0.523. The molecule has 128 valence electrons. The van der Waals surface area contributed by atoms with Gasteiger partial charge < -0.3 is 11.2 Å². The molecule has 0 saturated carbocycles. The summed E-state index contributed by atoms with van der Waals surface area (Å²) in [6, 6.07) is 7.30. The molecule has 0 aliphatic heterocycles. The fraction of sp³-hybridized carbons (Fsp3) is 0.0667. The first-order chi connectivity index (χ1) is 12.0. The molecule has 1 amide bonds. The molecular formula is C15H12ClFN6OS. The molecule has 0 aliphatic rings. The Balaban J connectivity index is 1.64. The molecule has 0 unspecified atom stereocenters. The minimum atomic E-state index is -0.475. The lowest BCUT2D eigenvalue weighted by atomic mass is 10.3. The molecule has 10 heteroatoms. The Labute approximate surface area is 151 Å². The van der Waals surface area contributed by atoms with Crippen molar-refractivity contribution in [2.75, 3.05) is 16.9 Å². The normalized spacial score (nSPS) is 10.6. The van der Waals surface area contributed by atoms with Gasteiger partial charge in [0.1, 0.15) is 5.82 Å². The van der Waals surface area contributed by atoms with Crippen molar-refractivity contribution in [3.63, 3.8) is 0 Å². The van der Waals surface area contributed by atoms with Crippen molar-refractivity contribution in [3.05, 3.63) is 53.6 Å². The molecule has 7 nitrogen and oxygen atoms in total. The molecule has 25 heavy (non-hydrogen) atoms. The first kappa shape index (κ1) is 17.2. The Morgan fingerprint density at radius 3 is 2.92 bits per heavy atom. The van der Waals surface area contributed by atoms with E-state index in [1.165, 1.54) is 16.8 Å². The van der Waals surface area contributed by atoms with Gasteiger partial charge in [-0.05, 0) is 30.3 Å². The molecule has 0 atom stereocenters. The van der Waals surface area contributed by atoms with Crippen molar-refractivity contribution in [1.29, 1.82) is 0 Å². The third kappa shape index (κ3) is 4.06. The molecular weight excluding hydrogens is 367 g/mol. The van der Waals surface area contributed by atoms with Crippen molar-refractivity contribution in [3.8, 4) is 11.4 Å². The monoisotopic (exact) mass is 378 g/mol. The number of rotatable bonds is 5. The minimum absolute atomic E-state index is 0.0378. The van der Waals surface area contributed by atoms with E-state index in [0.717, 1.165) is 17.8 Å². The second-order valence-corrected chi connectivity index (χ2v) is 6.23. The van der Waals surface area contributed by atoms with Gasteiger partial charge in [0.2, 0.25) is 11.1 Å². The molecule has 1 aromatic carbocycles. The summed E-state index contributed by atoms with van der Waals surface area (Å²) in [6.07, 6.45) is 3.26. The predicted molar refractivity (Wildman–Crippen MR) is 94.2 cm³/mol. The molecule has 3 aromatic rings. The number of pyridine rings is 1. The van der Waals surface area contributed by atoms with E-state index in [0.29, 0.717) is 22.2 Å². The van der Waals surface area contributed by atoms with E-state index < -0.39 is 5.82 Å². The summed E-state index contributed by atoms with van der Waals surface area (Å²) in [5.41, 5.74) is 1.05. The van der Waals surface area contributed by atoms with Gasteiger partial charge in [-0.2, -0.15) is 0 Å². The van der Waals surface area contributed by atoms with Gasteiger partial charge in [0, 0.05) is 18.0 Å². The predicted octanol–water partition coefficient (Wildman–Crippen LogP) is 2.58. The molecule has 0 aliphatic carbocycles. The van der Waals surface area contributed by atoms with Crippen LogP contribution in [-0.4, -0.2) is 31.5 Å². The number of nitrogens with zero attached hydrogens (tertiary/aromatic N) is 4. The van der Waals surface area contributed by atoms with Gasteiger partial charge in [-0.15, -0.1) is 10.2 Å². The second kappa shape index (κ2) is 7.49. The maximum Gasteiger partial charge on any atom is 0.234 e. The van der Waals surface area contributed by atoms with Crippen molar-refractivity contribution in [2.24, 2.45) is 0 Å².